The minimum atomic E-state index is -1.98. The Morgan fingerprint density at radius 3 is 2.44 bits per heavy atom. The van der Waals surface area contributed by atoms with Crippen molar-refractivity contribution in [2.45, 2.75) is 44.9 Å². The maximum Gasteiger partial charge on any atom is 0.377 e. The topological polar surface area (TPSA) is 123 Å². The summed E-state index contributed by atoms with van der Waals surface area (Å²) in [7, 11) is 0. The highest BCUT2D eigenvalue weighted by Gasteiger charge is 2.64. The summed E-state index contributed by atoms with van der Waals surface area (Å²) in [5.74, 6) is -5.22. The van der Waals surface area contributed by atoms with Crippen molar-refractivity contribution in [1.82, 2.24) is 0 Å². The summed E-state index contributed by atoms with van der Waals surface area (Å²) in [4.78, 5) is 24.2. The summed E-state index contributed by atoms with van der Waals surface area (Å²) in [5, 5.41) is 30.1. The molecule has 8 nitrogen and oxygen atoms in total. The molecular weight excluding hydrogens is 332 g/mol. The van der Waals surface area contributed by atoms with E-state index in [0.29, 0.717) is 11.1 Å². The van der Waals surface area contributed by atoms with E-state index in [1.165, 1.54) is 6.08 Å². The van der Waals surface area contributed by atoms with E-state index >= 15 is 0 Å². The van der Waals surface area contributed by atoms with E-state index in [1.807, 2.05) is 0 Å². The van der Waals surface area contributed by atoms with Crippen molar-refractivity contribution in [3.63, 3.8) is 0 Å². The fourth-order valence-electron chi connectivity index (χ4n) is 3.66. The predicted octanol–water partition coefficient (Wildman–Crippen LogP) is 0.823. The summed E-state index contributed by atoms with van der Waals surface area (Å²) in [6.07, 6.45) is -2.20. The summed E-state index contributed by atoms with van der Waals surface area (Å²) >= 11 is 0. The second-order valence-electron chi connectivity index (χ2n) is 6.89. The summed E-state index contributed by atoms with van der Waals surface area (Å²) in [6, 6.07) is 0. The van der Waals surface area contributed by atoms with Crippen molar-refractivity contribution in [3.05, 3.63) is 35.3 Å². The molecule has 1 fully saturated rings. The maximum absolute atomic E-state index is 12.8. The average molecular weight is 352 g/mol. The van der Waals surface area contributed by atoms with Crippen LogP contribution in [0.3, 0.4) is 0 Å². The van der Waals surface area contributed by atoms with Gasteiger partial charge in [0.2, 0.25) is 11.5 Å². The van der Waals surface area contributed by atoms with Gasteiger partial charge in [0.15, 0.2) is 11.9 Å². The Bertz CT molecular complexity index is 731. The standard InChI is InChI=1S/C17H20O8/c1-5-8-7(2)13(20)17(15(22)16(8,3)4)23-6-9(25-17)12-10(18)11(19)14(21)24-12/h5,9,12,15,18-19,22H,1,6H2,2-4H3/t9?,12-,15?,17?/m1/s1. The lowest BCUT2D eigenvalue weighted by Gasteiger charge is -2.45. The van der Waals surface area contributed by atoms with Crippen molar-refractivity contribution < 1.29 is 39.1 Å². The third-order valence-electron chi connectivity index (χ3n) is 5.07. The van der Waals surface area contributed by atoms with Crippen LogP contribution in [0.2, 0.25) is 0 Å². The number of ketones is 1. The number of rotatable bonds is 2. The molecule has 2 aliphatic heterocycles. The van der Waals surface area contributed by atoms with Gasteiger partial charge >= 0.3 is 5.97 Å². The molecule has 8 heteroatoms. The van der Waals surface area contributed by atoms with Crippen molar-refractivity contribution in [2.24, 2.45) is 5.41 Å². The van der Waals surface area contributed by atoms with Gasteiger partial charge in [0, 0.05) is 11.0 Å². The molecule has 1 spiro atoms. The van der Waals surface area contributed by atoms with Crippen LogP contribution in [0.1, 0.15) is 20.8 Å². The van der Waals surface area contributed by atoms with Gasteiger partial charge in [-0.1, -0.05) is 26.5 Å². The molecule has 25 heavy (non-hydrogen) atoms. The van der Waals surface area contributed by atoms with Crippen molar-refractivity contribution in [2.75, 3.05) is 6.61 Å². The van der Waals surface area contributed by atoms with Gasteiger partial charge in [-0.05, 0) is 12.5 Å². The van der Waals surface area contributed by atoms with E-state index in [4.69, 9.17) is 14.2 Å². The first-order valence-electron chi connectivity index (χ1n) is 7.79. The van der Waals surface area contributed by atoms with Gasteiger partial charge in [-0.25, -0.2) is 4.79 Å². The Kier molecular flexibility index (Phi) is 3.83. The number of hydrogen-bond acceptors (Lipinski definition) is 8. The zero-order valence-corrected chi connectivity index (χ0v) is 14.1. The number of esters is 1. The molecule has 1 aliphatic carbocycles. The highest BCUT2D eigenvalue weighted by atomic mass is 16.8. The smallest absolute Gasteiger partial charge is 0.377 e. The molecule has 3 rings (SSSR count). The number of aliphatic hydroxyl groups excluding tert-OH is 3. The Hall–Kier alpha value is -2.16. The van der Waals surface area contributed by atoms with Crippen LogP contribution in [0.25, 0.3) is 0 Å². The first-order chi connectivity index (χ1) is 11.6. The Labute approximate surface area is 144 Å². The molecular formula is C17H20O8. The van der Waals surface area contributed by atoms with E-state index in [1.54, 1.807) is 20.8 Å². The van der Waals surface area contributed by atoms with Gasteiger partial charge in [0.1, 0.15) is 12.2 Å². The quantitative estimate of drug-likeness (QED) is 0.625. The highest BCUT2D eigenvalue weighted by molar-refractivity contribution is 6.03. The zero-order valence-electron chi connectivity index (χ0n) is 14.1. The number of cyclic esters (lactones) is 1. The minimum absolute atomic E-state index is 0.217. The molecule has 2 heterocycles. The van der Waals surface area contributed by atoms with Crippen LogP contribution in [0.5, 0.6) is 0 Å². The fourth-order valence-corrected chi connectivity index (χ4v) is 3.66. The second kappa shape index (κ2) is 5.42. The molecule has 0 amide bonds. The summed E-state index contributed by atoms with van der Waals surface area (Å²) in [6.45, 7) is 8.52. The number of ether oxygens (including phenoxy) is 3. The summed E-state index contributed by atoms with van der Waals surface area (Å²) < 4.78 is 16.1. The van der Waals surface area contributed by atoms with Gasteiger partial charge in [-0.3, -0.25) is 4.79 Å². The first kappa shape index (κ1) is 17.7. The lowest BCUT2D eigenvalue weighted by molar-refractivity contribution is -0.242. The van der Waals surface area contributed by atoms with Crippen molar-refractivity contribution in [3.8, 4) is 0 Å². The number of Topliss-reactive ketones (excluding diaryl/α,β-unsaturated/α-hetero) is 1. The van der Waals surface area contributed by atoms with Crippen LogP contribution in [-0.4, -0.2) is 57.8 Å². The molecule has 3 unspecified atom stereocenters. The Balaban J connectivity index is 1.97. The van der Waals surface area contributed by atoms with E-state index in [2.05, 4.69) is 6.58 Å². The highest BCUT2D eigenvalue weighted by Crippen LogP contribution is 2.48. The first-order valence-corrected chi connectivity index (χ1v) is 7.79. The van der Waals surface area contributed by atoms with Crippen molar-refractivity contribution in [1.29, 1.82) is 0 Å². The number of hydrogen-bond donors (Lipinski definition) is 3. The molecule has 0 aromatic rings. The molecule has 136 valence electrons. The maximum atomic E-state index is 12.8. The largest absolute Gasteiger partial charge is 0.505 e. The van der Waals surface area contributed by atoms with Gasteiger partial charge in [-0.2, -0.15) is 0 Å². The Morgan fingerprint density at radius 1 is 1.28 bits per heavy atom. The SMILES string of the molecule is C=CC1=C(C)C(=O)C2(OCC([C@H]3OC(=O)C(O)=C3O)O2)C(O)C1(C)C. The monoisotopic (exact) mass is 352 g/mol. The Morgan fingerprint density at radius 2 is 1.92 bits per heavy atom. The normalized spacial score (nSPS) is 37.8. The van der Waals surface area contributed by atoms with Crippen LogP contribution in [0.4, 0.5) is 0 Å². The number of aliphatic hydroxyl groups is 3. The molecule has 3 N–H and O–H groups in total. The number of allylic oxidation sites excluding steroid dienone is 1. The van der Waals surface area contributed by atoms with Crippen molar-refractivity contribution >= 4 is 11.8 Å². The van der Waals surface area contributed by atoms with Crippen LogP contribution in [-0.2, 0) is 23.8 Å². The van der Waals surface area contributed by atoms with Gasteiger partial charge in [0.05, 0.1) is 6.61 Å². The third kappa shape index (κ3) is 2.18. The number of carbonyl (C=O) groups is 2. The van der Waals surface area contributed by atoms with E-state index in [9.17, 15) is 24.9 Å². The third-order valence-corrected chi connectivity index (χ3v) is 5.07. The van der Waals surface area contributed by atoms with Gasteiger partial charge in [-0.15, -0.1) is 0 Å². The molecule has 3 aliphatic rings. The fraction of sp³-hybridized carbons (Fsp3) is 0.529. The average Bonchev–Trinajstić information content (AvgIpc) is 3.11. The molecule has 4 atom stereocenters. The van der Waals surface area contributed by atoms with E-state index in [0.717, 1.165) is 0 Å². The summed E-state index contributed by atoms with van der Waals surface area (Å²) in [5.41, 5.74) is 0.0389. The molecule has 0 saturated carbocycles. The molecule has 0 radical (unpaired) electrons. The zero-order chi connectivity index (χ0) is 18.7. The van der Waals surface area contributed by atoms with E-state index < -0.39 is 52.8 Å². The molecule has 0 aromatic carbocycles. The predicted molar refractivity (Wildman–Crippen MR) is 83.4 cm³/mol. The lowest BCUT2D eigenvalue weighted by Crippen LogP contribution is -2.61. The van der Waals surface area contributed by atoms with Crippen LogP contribution in [0, 0.1) is 5.41 Å². The number of carbonyl (C=O) groups excluding carboxylic acids is 2. The minimum Gasteiger partial charge on any atom is -0.505 e. The van der Waals surface area contributed by atoms with Crippen LogP contribution in [0.15, 0.2) is 35.3 Å². The molecule has 0 bridgehead atoms. The van der Waals surface area contributed by atoms with E-state index in [-0.39, 0.29) is 6.61 Å². The van der Waals surface area contributed by atoms with Gasteiger partial charge < -0.3 is 29.5 Å². The van der Waals surface area contributed by atoms with Crippen LogP contribution >= 0.6 is 0 Å². The second-order valence-corrected chi connectivity index (χ2v) is 6.89. The van der Waals surface area contributed by atoms with Crippen LogP contribution < -0.4 is 0 Å². The molecule has 0 aromatic heterocycles. The van der Waals surface area contributed by atoms with Gasteiger partial charge in [0.25, 0.3) is 5.79 Å². The lowest BCUT2D eigenvalue weighted by atomic mass is 9.67. The molecule has 1 saturated heterocycles.